The van der Waals surface area contributed by atoms with Gasteiger partial charge in [-0.05, 0) is 32.4 Å². The third-order valence-corrected chi connectivity index (χ3v) is 4.89. The van der Waals surface area contributed by atoms with Gasteiger partial charge in [0.1, 0.15) is 5.82 Å². The number of nitrogens with zero attached hydrogens (tertiary/aromatic N) is 4. The minimum Gasteiger partial charge on any atom is -0.396 e. The molecule has 0 amide bonds. The highest BCUT2D eigenvalue weighted by molar-refractivity contribution is 6.45. The molecule has 0 atom stereocenters. The minimum atomic E-state index is 0.137. The predicted molar refractivity (Wildman–Crippen MR) is 103 cm³/mol. The first-order valence-electron chi connectivity index (χ1n) is 8.17. The number of halogens is 2. The van der Waals surface area contributed by atoms with E-state index < -0.39 is 0 Å². The van der Waals surface area contributed by atoms with E-state index in [1.807, 2.05) is 22.9 Å². The number of aliphatic hydroxyl groups is 1. The summed E-state index contributed by atoms with van der Waals surface area (Å²) >= 11 is 12.6. The molecule has 0 spiro atoms. The third kappa shape index (κ3) is 3.59. The van der Waals surface area contributed by atoms with E-state index in [1.165, 1.54) is 0 Å². The number of pyridine rings is 1. The maximum absolute atomic E-state index is 9.20. The lowest BCUT2D eigenvalue weighted by Gasteiger charge is -2.28. The number of rotatable bonds is 6. The molecule has 1 N–H and O–H groups in total. The van der Waals surface area contributed by atoms with Gasteiger partial charge in [0, 0.05) is 43.0 Å². The van der Waals surface area contributed by atoms with E-state index in [-0.39, 0.29) is 12.6 Å². The average molecular weight is 379 g/mol. The molecule has 2 heterocycles. The number of aromatic nitrogens is 3. The predicted octanol–water partition coefficient (Wildman–Crippen LogP) is 4.32. The second-order valence-corrected chi connectivity index (χ2v) is 6.88. The van der Waals surface area contributed by atoms with Crippen LogP contribution in [0.25, 0.3) is 16.6 Å². The molecular weight excluding hydrogens is 359 g/mol. The van der Waals surface area contributed by atoms with E-state index in [0.717, 1.165) is 16.9 Å². The summed E-state index contributed by atoms with van der Waals surface area (Å²) in [5, 5.41) is 11.0. The Kier molecular flexibility index (Phi) is 5.47. The molecule has 0 saturated carbocycles. The van der Waals surface area contributed by atoms with Crippen molar-refractivity contribution in [2.45, 2.75) is 26.3 Å². The highest BCUT2D eigenvalue weighted by Crippen LogP contribution is 2.35. The molecule has 0 fully saturated rings. The van der Waals surface area contributed by atoms with Crippen molar-refractivity contribution < 1.29 is 5.11 Å². The van der Waals surface area contributed by atoms with Crippen LogP contribution >= 0.6 is 23.2 Å². The summed E-state index contributed by atoms with van der Waals surface area (Å²) in [6.07, 6.45) is 6.03. The van der Waals surface area contributed by atoms with Crippen LogP contribution in [0, 0.1) is 0 Å². The third-order valence-electron chi connectivity index (χ3n) is 4.09. The molecule has 0 saturated heterocycles. The van der Waals surface area contributed by atoms with Gasteiger partial charge in [-0.1, -0.05) is 23.2 Å². The maximum Gasteiger partial charge on any atom is 0.131 e. The van der Waals surface area contributed by atoms with E-state index >= 15 is 0 Å². The van der Waals surface area contributed by atoms with Crippen LogP contribution in [0.4, 0.5) is 5.82 Å². The normalized spacial score (nSPS) is 11.4. The van der Waals surface area contributed by atoms with Crippen LogP contribution < -0.4 is 4.90 Å². The molecule has 0 aliphatic heterocycles. The number of imidazole rings is 1. The minimum absolute atomic E-state index is 0.137. The SMILES string of the molecule is CC(C)N(CCCO)c1cc(-n2ccnc2)c2ccc(Cl)c(Cl)c2n1. The van der Waals surface area contributed by atoms with Gasteiger partial charge in [0.15, 0.2) is 0 Å². The van der Waals surface area contributed by atoms with Gasteiger partial charge in [0.25, 0.3) is 0 Å². The van der Waals surface area contributed by atoms with Crippen LogP contribution in [0.3, 0.4) is 0 Å². The van der Waals surface area contributed by atoms with Crippen LogP contribution in [0.2, 0.25) is 10.0 Å². The molecule has 3 rings (SSSR count). The Balaban J connectivity index is 2.24. The molecule has 25 heavy (non-hydrogen) atoms. The van der Waals surface area contributed by atoms with Crippen molar-refractivity contribution in [1.29, 1.82) is 0 Å². The van der Waals surface area contributed by atoms with E-state index in [9.17, 15) is 5.11 Å². The highest BCUT2D eigenvalue weighted by atomic mass is 35.5. The summed E-state index contributed by atoms with van der Waals surface area (Å²) in [6.45, 7) is 5.03. The molecule has 5 nitrogen and oxygen atoms in total. The number of aliphatic hydroxyl groups excluding tert-OH is 1. The lowest BCUT2D eigenvalue weighted by atomic mass is 10.1. The molecule has 0 radical (unpaired) electrons. The first-order chi connectivity index (χ1) is 12.0. The average Bonchev–Trinajstić information content (AvgIpc) is 3.12. The van der Waals surface area contributed by atoms with Gasteiger partial charge in [-0.25, -0.2) is 9.97 Å². The van der Waals surface area contributed by atoms with Gasteiger partial charge in [-0.15, -0.1) is 0 Å². The van der Waals surface area contributed by atoms with Gasteiger partial charge in [-0.2, -0.15) is 0 Å². The molecule has 1 aromatic carbocycles. The fourth-order valence-electron chi connectivity index (χ4n) is 2.84. The molecule has 3 aromatic rings. The number of fused-ring (bicyclic) bond motifs is 1. The zero-order valence-electron chi connectivity index (χ0n) is 14.2. The summed E-state index contributed by atoms with van der Waals surface area (Å²) in [6, 6.07) is 5.94. The van der Waals surface area contributed by atoms with Gasteiger partial charge >= 0.3 is 0 Å². The second kappa shape index (κ2) is 7.60. The second-order valence-electron chi connectivity index (χ2n) is 6.09. The summed E-state index contributed by atoms with van der Waals surface area (Å²) in [5.74, 6) is 0.795. The summed E-state index contributed by atoms with van der Waals surface area (Å²) < 4.78 is 1.93. The number of anilines is 1. The van der Waals surface area contributed by atoms with E-state index in [1.54, 1.807) is 18.6 Å². The molecular formula is C18H20Cl2N4O. The van der Waals surface area contributed by atoms with Crippen molar-refractivity contribution >= 4 is 39.9 Å². The number of benzene rings is 1. The van der Waals surface area contributed by atoms with Crippen molar-refractivity contribution in [1.82, 2.24) is 14.5 Å². The van der Waals surface area contributed by atoms with Gasteiger partial charge < -0.3 is 14.6 Å². The van der Waals surface area contributed by atoms with Crippen LogP contribution in [0.5, 0.6) is 0 Å². The topological polar surface area (TPSA) is 54.2 Å². The first-order valence-corrected chi connectivity index (χ1v) is 8.93. The fourth-order valence-corrected chi connectivity index (χ4v) is 3.20. The Morgan fingerprint density at radius 3 is 2.72 bits per heavy atom. The zero-order chi connectivity index (χ0) is 18.0. The molecule has 7 heteroatoms. The Morgan fingerprint density at radius 2 is 2.08 bits per heavy atom. The van der Waals surface area contributed by atoms with Crippen molar-refractivity contribution in [3.05, 3.63) is 47.0 Å². The molecule has 0 unspecified atom stereocenters. The van der Waals surface area contributed by atoms with Crippen molar-refractivity contribution in [2.75, 3.05) is 18.1 Å². The Labute approximate surface area is 156 Å². The Bertz CT molecular complexity index is 865. The van der Waals surface area contributed by atoms with Crippen molar-refractivity contribution in [2.24, 2.45) is 0 Å². The van der Waals surface area contributed by atoms with E-state index in [2.05, 4.69) is 23.7 Å². The number of hydrogen-bond acceptors (Lipinski definition) is 4. The molecule has 0 aliphatic carbocycles. The highest BCUT2D eigenvalue weighted by Gasteiger charge is 2.17. The Hall–Kier alpha value is -1.82. The molecule has 0 aliphatic rings. The van der Waals surface area contributed by atoms with E-state index in [4.69, 9.17) is 28.2 Å². The van der Waals surface area contributed by atoms with Crippen LogP contribution in [-0.2, 0) is 0 Å². The first kappa shape index (κ1) is 18.0. The van der Waals surface area contributed by atoms with Gasteiger partial charge in [0.05, 0.1) is 27.6 Å². The van der Waals surface area contributed by atoms with Crippen LogP contribution in [-0.4, -0.2) is 38.8 Å². The van der Waals surface area contributed by atoms with E-state index in [0.29, 0.717) is 28.5 Å². The Morgan fingerprint density at radius 1 is 1.28 bits per heavy atom. The zero-order valence-corrected chi connectivity index (χ0v) is 15.7. The monoisotopic (exact) mass is 378 g/mol. The largest absolute Gasteiger partial charge is 0.396 e. The van der Waals surface area contributed by atoms with Gasteiger partial charge in [0.2, 0.25) is 0 Å². The standard InChI is InChI=1S/C18H20Cl2N4O/c1-12(2)24(7-3-9-25)16-10-15(23-8-6-21-11-23)13-4-5-14(19)17(20)18(13)22-16/h4-6,8,10-12,25H,3,7,9H2,1-2H3. The molecule has 132 valence electrons. The lowest BCUT2D eigenvalue weighted by molar-refractivity contribution is 0.288. The number of hydrogen-bond donors (Lipinski definition) is 1. The van der Waals surface area contributed by atoms with Crippen LogP contribution in [0.1, 0.15) is 20.3 Å². The maximum atomic E-state index is 9.20. The van der Waals surface area contributed by atoms with Gasteiger partial charge in [-0.3, -0.25) is 0 Å². The molecule has 2 aromatic heterocycles. The molecule has 0 bridgehead atoms. The fraction of sp³-hybridized carbons (Fsp3) is 0.333. The smallest absolute Gasteiger partial charge is 0.131 e. The summed E-state index contributed by atoms with van der Waals surface area (Å²) in [5.41, 5.74) is 1.59. The lowest BCUT2D eigenvalue weighted by Crippen LogP contribution is -2.33. The van der Waals surface area contributed by atoms with Crippen molar-refractivity contribution in [3.8, 4) is 5.69 Å². The quantitative estimate of drug-likeness (QED) is 0.693. The summed E-state index contributed by atoms with van der Waals surface area (Å²) in [4.78, 5) is 11.1. The van der Waals surface area contributed by atoms with Crippen molar-refractivity contribution in [3.63, 3.8) is 0 Å². The van der Waals surface area contributed by atoms with Crippen LogP contribution in [0.15, 0.2) is 36.9 Å². The summed E-state index contributed by atoms with van der Waals surface area (Å²) in [7, 11) is 0.